The third kappa shape index (κ3) is 44.5. The summed E-state index contributed by atoms with van der Waals surface area (Å²) in [5.41, 5.74) is 0. The lowest BCUT2D eigenvalue weighted by Gasteiger charge is -2.28. The van der Waals surface area contributed by atoms with Gasteiger partial charge in [0, 0.05) is 12.8 Å². The molecule has 0 fully saturated rings. The van der Waals surface area contributed by atoms with Crippen LogP contribution in [0.25, 0.3) is 0 Å². The minimum Gasteiger partial charge on any atom is -0.756 e. The molecule has 0 aliphatic carbocycles. The van der Waals surface area contributed by atoms with Gasteiger partial charge >= 0.3 is 11.9 Å². The Bertz CT molecular complexity index is 1420. The molecule has 0 saturated carbocycles. The minimum absolute atomic E-state index is 0.0593. The van der Waals surface area contributed by atoms with Crippen molar-refractivity contribution >= 4 is 19.8 Å². The molecule has 11 heteroatoms. The third-order valence-electron chi connectivity index (χ3n) is 8.87. The highest BCUT2D eigenvalue weighted by Crippen LogP contribution is 2.38. The summed E-state index contributed by atoms with van der Waals surface area (Å²) >= 11 is 0. The molecule has 61 heavy (non-hydrogen) atoms. The summed E-state index contributed by atoms with van der Waals surface area (Å²) in [6.07, 6.45) is 51.7. The van der Waals surface area contributed by atoms with Gasteiger partial charge in [0.05, 0.1) is 33.9 Å². The second kappa shape index (κ2) is 40.7. The van der Waals surface area contributed by atoms with Crippen molar-refractivity contribution in [2.24, 2.45) is 0 Å². The van der Waals surface area contributed by atoms with Crippen LogP contribution in [0, 0.1) is 0 Å². The predicted molar refractivity (Wildman–Crippen MR) is 251 cm³/mol. The van der Waals surface area contributed by atoms with E-state index < -0.39 is 38.6 Å². The van der Waals surface area contributed by atoms with Crippen molar-refractivity contribution in [3.63, 3.8) is 0 Å². The Hall–Kier alpha value is -3.37. The quantitative estimate of drug-likeness (QED) is 0.0160. The Balaban J connectivity index is 4.63. The van der Waals surface area contributed by atoms with Gasteiger partial charge in [0.1, 0.15) is 19.8 Å². The number of aliphatic hydroxyl groups excluding tert-OH is 1. The lowest BCUT2D eigenvalue weighted by molar-refractivity contribution is -0.870. The van der Waals surface area contributed by atoms with Crippen molar-refractivity contribution in [3.8, 4) is 0 Å². The SMILES string of the molecule is CC/C=C\C/C=C\CC(O)/C=C/C=C\C/C=C\C/C=C\CCC(=O)O[C@H](COC(=O)CCC/C=C\C/C=C\C/C=C\CCCCCCCC)COP(=O)([O-])OCC[N+](C)(C)C. The van der Waals surface area contributed by atoms with Crippen LogP contribution in [0.3, 0.4) is 0 Å². The fraction of sp³-hybridized carbons (Fsp3) is 0.600. The number of rotatable bonds is 39. The van der Waals surface area contributed by atoms with Gasteiger partial charge < -0.3 is 33.0 Å². The van der Waals surface area contributed by atoms with Crippen LogP contribution in [0.4, 0.5) is 0 Å². The molecule has 0 aromatic heterocycles. The number of carbonyl (C=O) groups excluding carboxylic acids is 2. The first kappa shape index (κ1) is 57.6. The van der Waals surface area contributed by atoms with Crippen molar-refractivity contribution in [1.82, 2.24) is 0 Å². The number of ether oxygens (including phenoxy) is 2. The summed E-state index contributed by atoms with van der Waals surface area (Å²) in [5, 5.41) is 10.0. The highest BCUT2D eigenvalue weighted by molar-refractivity contribution is 7.45. The topological polar surface area (TPSA) is 131 Å². The van der Waals surface area contributed by atoms with E-state index in [2.05, 4.69) is 62.5 Å². The molecule has 0 rings (SSSR count). The standard InChI is InChI=1S/C50H82NO9P/c1-6-8-10-12-14-15-16-17-18-19-20-21-22-26-29-33-37-41-49(53)57-45-48(46-59-61(55,56)58-44-43-51(3,4)5)60-50(54)42-38-34-30-27-24-23-25-28-32-36-40-47(52)39-35-31-13-11-9-7-2/h9,11,17-18,20-21,23-24,26,28-32,34-36,40,47-48,52H,6-8,10,12-16,19,22,25,27,33,37-39,41-46H2,1-5H3/b11-9-,18-17-,21-20-,24-23-,29-26-,32-28-,34-30-,35-31-,40-36+/t47?,48-/m1/s1. The van der Waals surface area contributed by atoms with E-state index in [9.17, 15) is 24.2 Å². The molecule has 0 aliphatic heterocycles. The summed E-state index contributed by atoms with van der Waals surface area (Å²) in [4.78, 5) is 37.5. The number of aliphatic hydroxyl groups is 1. The van der Waals surface area contributed by atoms with Crippen LogP contribution in [-0.4, -0.2) is 81.2 Å². The molecular formula is C50H82NO9P. The van der Waals surface area contributed by atoms with E-state index in [0.29, 0.717) is 43.1 Å². The van der Waals surface area contributed by atoms with Crippen LogP contribution < -0.4 is 4.89 Å². The molecule has 0 spiro atoms. The molecule has 0 saturated heterocycles. The Morgan fingerprint density at radius 2 is 1.18 bits per heavy atom. The van der Waals surface area contributed by atoms with Crippen LogP contribution in [0.2, 0.25) is 0 Å². The molecule has 0 aromatic rings. The first-order valence-corrected chi connectivity index (χ1v) is 24.2. The largest absolute Gasteiger partial charge is 0.756 e. The van der Waals surface area contributed by atoms with Crippen LogP contribution in [-0.2, 0) is 32.7 Å². The Kier molecular flexibility index (Phi) is 38.4. The van der Waals surface area contributed by atoms with Gasteiger partial charge in [-0.25, -0.2) is 0 Å². The number of likely N-dealkylation sites (N-methyl/N-ethyl adjacent to an activating group) is 1. The van der Waals surface area contributed by atoms with Gasteiger partial charge in [-0.3, -0.25) is 14.2 Å². The van der Waals surface area contributed by atoms with Gasteiger partial charge in [-0.1, -0.05) is 155 Å². The number of phosphoric acid groups is 1. The number of carbonyl (C=O) groups is 2. The van der Waals surface area contributed by atoms with E-state index in [4.69, 9.17) is 18.5 Å². The zero-order valence-corrected chi connectivity index (χ0v) is 39.3. The van der Waals surface area contributed by atoms with Crippen molar-refractivity contribution in [2.45, 2.75) is 148 Å². The number of quaternary nitrogens is 1. The molecule has 0 amide bonds. The van der Waals surface area contributed by atoms with Gasteiger partial charge in [0.2, 0.25) is 0 Å². The zero-order chi connectivity index (χ0) is 45.1. The monoisotopic (exact) mass is 872 g/mol. The van der Waals surface area contributed by atoms with E-state index in [-0.39, 0.29) is 26.1 Å². The smallest absolute Gasteiger partial charge is 0.306 e. The second-order valence-corrected chi connectivity index (χ2v) is 17.3. The molecule has 2 unspecified atom stereocenters. The molecule has 1 N–H and O–H groups in total. The van der Waals surface area contributed by atoms with E-state index in [1.807, 2.05) is 75.8 Å². The van der Waals surface area contributed by atoms with E-state index >= 15 is 0 Å². The van der Waals surface area contributed by atoms with Gasteiger partial charge in [-0.2, -0.15) is 0 Å². The minimum atomic E-state index is -4.68. The second-order valence-electron chi connectivity index (χ2n) is 15.9. The fourth-order valence-corrected chi connectivity index (χ4v) is 6.04. The van der Waals surface area contributed by atoms with E-state index in [0.717, 1.165) is 38.5 Å². The Labute approximate surface area is 370 Å². The summed E-state index contributed by atoms with van der Waals surface area (Å²) in [5.74, 6) is -1.04. The van der Waals surface area contributed by atoms with Crippen molar-refractivity contribution in [1.29, 1.82) is 0 Å². The van der Waals surface area contributed by atoms with Gasteiger partial charge in [-0.05, 0) is 77.0 Å². The first-order valence-electron chi connectivity index (χ1n) is 22.7. The average molecular weight is 872 g/mol. The molecule has 0 radical (unpaired) electrons. The van der Waals surface area contributed by atoms with Crippen LogP contribution >= 0.6 is 7.82 Å². The highest BCUT2D eigenvalue weighted by Gasteiger charge is 2.21. The Morgan fingerprint density at radius 3 is 1.82 bits per heavy atom. The highest BCUT2D eigenvalue weighted by atomic mass is 31.2. The van der Waals surface area contributed by atoms with Gasteiger partial charge in [0.25, 0.3) is 7.82 Å². The number of hydrogen-bond donors (Lipinski definition) is 1. The summed E-state index contributed by atoms with van der Waals surface area (Å²) in [6, 6.07) is 0. The number of esters is 2. The lowest BCUT2D eigenvalue weighted by atomic mass is 10.1. The lowest BCUT2D eigenvalue weighted by Crippen LogP contribution is -2.37. The Morgan fingerprint density at radius 1 is 0.623 bits per heavy atom. The number of unbranched alkanes of at least 4 members (excludes halogenated alkanes) is 7. The number of hydrogen-bond acceptors (Lipinski definition) is 9. The predicted octanol–water partition coefficient (Wildman–Crippen LogP) is 11.5. The van der Waals surface area contributed by atoms with Crippen molar-refractivity contribution in [2.75, 3.05) is 47.5 Å². The molecular weight excluding hydrogens is 790 g/mol. The maximum atomic E-state index is 12.7. The molecule has 0 aliphatic rings. The maximum Gasteiger partial charge on any atom is 0.306 e. The maximum absolute atomic E-state index is 12.7. The number of nitrogens with zero attached hydrogens (tertiary/aromatic N) is 1. The van der Waals surface area contributed by atoms with Crippen molar-refractivity contribution in [3.05, 3.63) is 109 Å². The summed E-state index contributed by atoms with van der Waals surface area (Å²) in [6.45, 7) is 3.85. The van der Waals surface area contributed by atoms with Crippen LogP contribution in [0.1, 0.15) is 136 Å². The van der Waals surface area contributed by atoms with Crippen molar-refractivity contribution < 1.29 is 47.2 Å². The average Bonchev–Trinajstić information content (AvgIpc) is 3.21. The molecule has 0 heterocycles. The normalized spacial score (nSPS) is 15.1. The summed E-state index contributed by atoms with van der Waals surface area (Å²) < 4.78 is 33.7. The molecule has 346 valence electrons. The number of phosphoric ester groups is 1. The first-order chi connectivity index (χ1) is 29.4. The molecule has 3 atom stereocenters. The fourth-order valence-electron chi connectivity index (χ4n) is 5.31. The van der Waals surface area contributed by atoms with Gasteiger partial charge in [0.15, 0.2) is 6.10 Å². The number of allylic oxidation sites excluding steroid dienone is 16. The van der Waals surface area contributed by atoms with E-state index in [1.165, 1.54) is 38.5 Å². The van der Waals surface area contributed by atoms with Gasteiger partial charge in [-0.15, -0.1) is 0 Å². The molecule has 0 aromatic carbocycles. The van der Waals surface area contributed by atoms with Crippen LogP contribution in [0.15, 0.2) is 109 Å². The summed E-state index contributed by atoms with van der Waals surface area (Å²) in [7, 11) is 1.04. The molecule has 0 bridgehead atoms. The van der Waals surface area contributed by atoms with E-state index in [1.54, 1.807) is 6.08 Å². The van der Waals surface area contributed by atoms with Crippen LogP contribution in [0.5, 0.6) is 0 Å². The molecule has 10 nitrogen and oxygen atoms in total. The third-order valence-corrected chi connectivity index (χ3v) is 9.83. The zero-order valence-electron chi connectivity index (χ0n) is 38.4.